The molecule has 1 atom stereocenters. The van der Waals surface area contributed by atoms with Gasteiger partial charge in [-0.05, 0) is 19.0 Å². The Morgan fingerprint density at radius 1 is 1.67 bits per heavy atom. The highest BCUT2D eigenvalue weighted by molar-refractivity contribution is 14.1. The van der Waals surface area contributed by atoms with Crippen LogP contribution < -0.4 is 10.6 Å². The minimum atomic E-state index is 0.0391. The van der Waals surface area contributed by atoms with Crippen LogP contribution in [0.25, 0.3) is 0 Å². The summed E-state index contributed by atoms with van der Waals surface area (Å²) in [4.78, 5) is 11.5. The summed E-state index contributed by atoms with van der Waals surface area (Å²) in [6, 6.07) is 0. The Morgan fingerprint density at radius 3 is 2.92 bits per heavy atom. The Hall–Kier alpha value is -0.260. The van der Waals surface area contributed by atoms with E-state index in [9.17, 15) is 4.79 Å². The van der Waals surface area contributed by atoms with Crippen molar-refractivity contribution in [3.05, 3.63) is 12.3 Å². The standard InChI is InChI=1S/C8H11IN2O/c9-8(2-3-8)11-7(12)6-1-4-10-5-6/h1,4,6,10H,2-3,5H2,(H,11,12). The Kier molecular flexibility index (Phi) is 2.02. The maximum absolute atomic E-state index is 11.5. The number of nitrogens with one attached hydrogen (secondary N) is 2. The molecule has 2 aliphatic rings. The second-order valence-electron chi connectivity index (χ2n) is 3.33. The molecule has 0 saturated heterocycles. The molecule has 3 nitrogen and oxygen atoms in total. The number of amides is 1. The maximum Gasteiger partial charge on any atom is 0.229 e. The van der Waals surface area contributed by atoms with Crippen molar-refractivity contribution in [2.75, 3.05) is 6.54 Å². The summed E-state index contributed by atoms with van der Waals surface area (Å²) in [7, 11) is 0. The van der Waals surface area contributed by atoms with Crippen molar-refractivity contribution >= 4 is 28.5 Å². The highest BCUT2D eigenvalue weighted by atomic mass is 127. The Bertz CT molecular complexity index is 235. The highest BCUT2D eigenvalue weighted by Crippen LogP contribution is 2.42. The zero-order valence-electron chi connectivity index (χ0n) is 6.64. The van der Waals surface area contributed by atoms with Crippen LogP contribution in [-0.4, -0.2) is 16.0 Å². The molecule has 1 heterocycles. The van der Waals surface area contributed by atoms with Crippen molar-refractivity contribution in [1.82, 2.24) is 10.6 Å². The molecule has 1 saturated carbocycles. The highest BCUT2D eigenvalue weighted by Gasteiger charge is 2.42. The van der Waals surface area contributed by atoms with Gasteiger partial charge in [0, 0.05) is 6.54 Å². The van der Waals surface area contributed by atoms with Crippen LogP contribution in [0.2, 0.25) is 0 Å². The molecule has 0 aromatic heterocycles. The minimum Gasteiger partial charge on any atom is -0.390 e. The Balaban J connectivity index is 1.87. The molecule has 0 aromatic rings. The lowest BCUT2D eigenvalue weighted by atomic mass is 10.1. The smallest absolute Gasteiger partial charge is 0.229 e. The summed E-state index contributed by atoms with van der Waals surface area (Å²) in [6.07, 6.45) is 5.99. The van der Waals surface area contributed by atoms with Gasteiger partial charge in [-0.3, -0.25) is 4.79 Å². The number of hydrogen-bond acceptors (Lipinski definition) is 2. The van der Waals surface area contributed by atoms with Crippen LogP contribution in [0.4, 0.5) is 0 Å². The number of hydrogen-bond donors (Lipinski definition) is 2. The molecule has 4 heteroatoms. The maximum atomic E-state index is 11.5. The lowest BCUT2D eigenvalue weighted by molar-refractivity contribution is -0.123. The largest absolute Gasteiger partial charge is 0.390 e. The second-order valence-corrected chi connectivity index (χ2v) is 5.39. The summed E-state index contributed by atoms with van der Waals surface area (Å²) in [5.41, 5.74) is 0. The zero-order chi connectivity index (χ0) is 8.60. The van der Waals surface area contributed by atoms with Crippen LogP contribution in [-0.2, 0) is 4.79 Å². The minimum absolute atomic E-state index is 0.0391. The van der Waals surface area contributed by atoms with Gasteiger partial charge in [-0.15, -0.1) is 0 Å². The van der Waals surface area contributed by atoms with E-state index in [-0.39, 0.29) is 15.4 Å². The zero-order valence-corrected chi connectivity index (χ0v) is 8.80. The topological polar surface area (TPSA) is 41.1 Å². The molecule has 1 amide bonds. The first-order chi connectivity index (χ1) is 5.70. The molecule has 0 bridgehead atoms. The van der Waals surface area contributed by atoms with Crippen LogP contribution in [0.1, 0.15) is 12.8 Å². The van der Waals surface area contributed by atoms with E-state index in [1.165, 1.54) is 0 Å². The average molecular weight is 278 g/mol. The van der Waals surface area contributed by atoms with Gasteiger partial charge in [0.25, 0.3) is 0 Å². The normalized spacial score (nSPS) is 29.6. The first-order valence-corrected chi connectivity index (χ1v) is 5.18. The van der Waals surface area contributed by atoms with Crippen LogP contribution in [0.15, 0.2) is 12.3 Å². The summed E-state index contributed by atoms with van der Waals surface area (Å²) in [6.45, 7) is 0.749. The van der Waals surface area contributed by atoms with E-state index in [0.717, 1.165) is 19.4 Å². The molecule has 2 rings (SSSR count). The number of rotatable bonds is 2. The molecule has 1 aliphatic carbocycles. The summed E-state index contributed by atoms with van der Waals surface area (Å²) in [5, 5.41) is 6.04. The van der Waals surface area contributed by atoms with Gasteiger partial charge in [-0.1, -0.05) is 28.7 Å². The fraction of sp³-hybridized carbons (Fsp3) is 0.625. The molecule has 0 radical (unpaired) electrons. The molecule has 0 aromatic carbocycles. The van der Waals surface area contributed by atoms with Crippen molar-refractivity contribution < 1.29 is 4.79 Å². The van der Waals surface area contributed by atoms with Gasteiger partial charge in [0.05, 0.1) is 9.46 Å². The fourth-order valence-corrected chi connectivity index (χ4v) is 1.71. The van der Waals surface area contributed by atoms with Gasteiger partial charge < -0.3 is 10.6 Å². The van der Waals surface area contributed by atoms with Gasteiger partial charge in [-0.2, -0.15) is 0 Å². The Labute approximate surface area is 85.1 Å². The number of alkyl halides is 1. The molecule has 0 spiro atoms. The fourth-order valence-electron chi connectivity index (χ4n) is 1.18. The van der Waals surface area contributed by atoms with Gasteiger partial charge in [0.15, 0.2) is 0 Å². The van der Waals surface area contributed by atoms with E-state index in [0.29, 0.717) is 0 Å². The van der Waals surface area contributed by atoms with E-state index in [2.05, 4.69) is 33.2 Å². The van der Waals surface area contributed by atoms with Crippen molar-refractivity contribution in [3.63, 3.8) is 0 Å². The van der Waals surface area contributed by atoms with E-state index < -0.39 is 0 Å². The predicted octanol–water partition coefficient (Wildman–Crippen LogP) is 0.761. The van der Waals surface area contributed by atoms with Crippen LogP contribution >= 0.6 is 22.6 Å². The first kappa shape index (κ1) is 8.34. The van der Waals surface area contributed by atoms with E-state index in [1.54, 1.807) is 0 Å². The molecule has 12 heavy (non-hydrogen) atoms. The third-order valence-electron chi connectivity index (χ3n) is 2.16. The molecule has 1 unspecified atom stereocenters. The van der Waals surface area contributed by atoms with Gasteiger partial charge in [0.1, 0.15) is 0 Å². The van der Waals surface area contributed by atoms with Crippen molar-refractivity contribution in [2.24, 2.45) is 5.92 Å². The van der Waals surface area contributed by atoms with Crippen molar-refractivity contribution in [3.8, 4) is 0 Å². The van der Waals surface area contributed by atoms with Crippen LogP contribution in [0.5, 0.6) is 0 Å². The van der Waals surface area contributed by atoms with E-state index in [4.69, 9.17) is 0 Å². The SMILES string of the molecule is O=C(NC1(I)CC1)C1C=CNC1. The second kappa shape index (κ2) is 2.90. The molecular weight excluding hydrogens is 267 g/mol. The summed E-state index contributed by atoms with van der Waals surface area (Å²) in [5.74, 6) is 0.195. The third-order valence-corrected chi connectivity index (χ3v) is 3.51. The van der Waals surface area contributed by atoms with Gasteiger partial charge in [-0.25, -0.2) is 0 Å². The first-order valence-electron chi connectivity index (χ1n) is 4.11. The number of carbonyl (C=O) groups excluding carboxylic acids is 1. The van der Waals surface area contributed by atoms with Crippen molar-refractivity contribution in [1.29, 1.82) is 0 Å². The van der Waals surface area contributed by atoms with Gasteiger partial charge in [0.2, 0.25) is 5.91 Å². The monoisotopic (exact) mass is 278 g/mol. The lowest BCUT2D eigenvalue weighted by Gasteiger charge is -2.12. The van der Waals surface area contributed by atoms with Crippen LogP contribution in [0, 0.1) is 5.92 Å². The lowest BCUT2D eigenvalue weighted by Crippen LogP contribution is -2.37. The summed E-state index contributed by atoms with van der Waals surface area (Å²) < 4.78 is 0.0886. The predicted molar refractivity (Wildman–Crippen MR) is 54.8 cm³/mol. The van der Waals surface area contributed by atoms with Crippen LogP contribution in [0.3, 0.4) is 0 Å². The molecule has 1 fully saturated rings. The summed E-state index contributed by atoms with van der Waals surface area (Å²) >= 11 is 2.31. The van der Waals surface area contributed by atoms with E-state index >= 15 is 0 Å². The number of halogens is 1. The van der Waals surface area contributed by atoms with E-state index in [1.807, 2.05) is 12.3 Å². The average Bonchev–Trinajstić information content (AvgIpc) is 2.55. The molecule has 66 valence electrons. The quantitative estimate of drug-likeness (QED) is 0.445. The number of carbonyl (C=O) groups is 1. The van der Waals surface area contributed by atoms with Crippen molar-refractivity contribution in [2.45, 2.75) is 16.4 Å². The third kappa shape index (κ3) is 1.73. The van der Waals surface area contributed by atoms with Gasteiger partial charge >= 0.3 is 0 Å². The molecule has 2 N–H and O–H groups in total. The molecule has 1 aliphatic heterocycles. The molecular formula is C8H11IN2O. The Morgan fingerprint density at radius 2 is 2.42 bits per heavy atom.